The molecule has 0 unspecified atom stereocenters. The van der Waals surface area contributed by atoms with Crippen LogP contribution >= 0.6 is 0 Å². The van der Waals surface area contributed by atoms with Crippen molar-refractivity contribution < 1.29 is 0 Å². The summed E-state index contributed by atoms with van der Waals surface area (Å²) in [4.78, 5) is 3.44. The Morgan fingerprint density at radius 2 is 1.72 bits per heavy atom. The summed E-state index contributed by atoms with van der Waals surface area (Å²) in [5.41, 5.74) is 3.79. The Balaban J connectivity index is 0.000000659. The van der Waals surface area contributed by atoms with Crippen LogP contribution in [-0.4, -0.2) is 4.98 Å². The van der Waals surface area contributed by atoms with Gasteiger partial charge in [0.15, 0.2) is 0 Å². The van der Waals surface area contributed by atoms with Crippen molar-refractivity contribution in [3.63, 3.8) is 0 Å². The van der Waals surface area contributed by atoms with Gasteiger partial charge in [0.2, 0.25) is 0 Å². The summed E-state index contributed by atoms with van der Waals surface area (Å²) in [5, 5.41) is 1.28. The highest BCUT2D eigenvalue weighted by molar-refractivity contribution is 5.90. The van der Waals surface area contributed by atoms with Crippen molar-refractivity contribution in [1.82, 2.24) is 4.98 Å². The first kappa shape index (κ1) is 16.5. The minimum Gasteiger partial charge on any atom is -0.358 e. The highest BCUT2D eigenvalue weighted by Crippen LogP contribution is 2.23. The molecule has 18 heavy (non-hydrogen) atoms. The fourth-order valence-electron chi connectivity index (χ4n) is 1.90. The van der Waals surface area contributed by atoms with Crippen molar-refractivity contribution in [3.05, 3.63) is 42.1 Å². The second kappa shape index (κ2) is 9.52. The van der Waals surface area contributed by atoms with E-state index in [0.717, 1.165) is 12.8 Å². The number of hydrogen-bond acceptors (Lipinski definition) is 0. The van der Waals surface area contributed by atoms with E-state index in [1.807, 2.05) is 33.8 Å². The molecule has 0 radical (unpaired) electrons. The molecule has 0 saturated carbocycles. The van der Waals surface area contributed by atoms with Gasteiger partial charge in [-0.3, -0.25) is 0 Å². The highest BCUT2D eigenvalue weighted by atomic mass is 14.7. The van der Waals surface area contributed by atoms with Crippen LogP contribution in [0, 0.1) is 0 Å². The molecule has 0 amide bonds. The van der Waals surface area contributed by atoms with E-state index in [1.54, 1.807) is 0 Å². The topological polar surface area (TPSA) is 15.8 Å². The van der Waals surface area contributed by atoms with Crippen LogP contribution in [-0.2, 0) is 6.42 Å². The Morgan fingerprint density at radius 1 is 1.11 bits per heavy atom. The number of aryl methyl sites for hydroxylation is 1. The van der Waals surface area contributed by atoms with Gasteiger partial charge in [-0.2, -0.15) is 0 Å². The molecule has 1 aromatic carbocycles. The van der Waals surface area contributed by atoms with Crippen molar-refractivity contribution in [3.8, 4) is 0 Å². The molecule has 2 aromatic rings. The molecule has 0 spiro atoms. The van der Waals surface area contributed by atoms with Gasteiger partial charge in [-0.25, -0.2) is 0 Å². The molecule has 1 aromatic heterocycles. The lowest BCUT2D eigenvalue weighted by Gasteiger charge is -1.96. The van der Waals surface area contributed by atoms with Gasteiger partial charge in [0.25, 0.3) is 0 Å². The fraction of sp³-hybridized carbons (Fsp3) is 0.412. The smallest absolute Gasteiger partial charge is 0.0462 e. The number of fused-ring (bicyclic) bond motifs is 1. The molecule has 1 nitrogen and oxygen atoms in total. The summed E-state index contributed by atoms with van der Waals surface area (Å²) in [5.74, 6) is 0. The number of benzene rings is 1. The summed E-state index contributed by atoms with van der Waals surface area (Å²) in [6.07, 6.45) is 4.20. The SMILES string of the molecule is C=Cc1c(CCC)[nH]c2ccccc12.CC.CC. The summed E-state index contributed by atoms with van der Waals surface area (Å²) in [7, 11) is 0. The maximum Gasteiger partial charge on any atom is 0.0462 e. The molecule has 0 aliphatic rings. The Hall–Kier alpha value is -1.50. The Morgan fingerprint density at radius 3 is 2.28 bits per heavy atom. The third-order valence-corrected chi connectivity index (χ3v) is 2.53. The zero-order valence-corrected chi connectivity index (χ0v) is 12.5. The van der Waals surface area contributed by atoms with Crippen LogP contribution in [0.25, 0.3) is 17.0 Å². The molecule has 1 heterocycles. The summed E-state index contributed by atoms with van der Waals surface area (Å²) < 4.78 is 0. The first-order chi connectivity index (χ1) is 8.86. The molecule has 0 aliphatic carbocycles. The number of aromatic amines is 1. The second-order valence-electron chi connectivity index (χ2n) is 3.52. The van der Waals surface area contributed by atoms with E-state index in [1.165, 1.54) is 22.2 Å². The third-order valence-electron chi connectivity index (χ3n) is 2.53. The lowest BCUT2D eigenvalue weighted by atomic mass is 10.1. The molecular weight excluding hydrogens is 218 g/mol. The van der Waals surface area contributed by atoms with Crippen LogP contribution in [0.4, 0.5) is 0 Å². The normalized spacial score (nSPS) is 8.94. The van der Waals surface area contributed by atoms with Crippen LogP contribution in [0.1, 0.15) is 52.3 Å². The third kappa shape index (κ3) is 3.76. The molecule has 100 valence electrons. The zero-order valence-electron chi connectivity index (χ0n) is 12.5. The van der Waals surface area contributed by atoms with E-state index in [-0.39, 0.29) is 0 Å². The second-order valence-corrected chi connectivity index (χ2v) is 3.52. The average molecular weight is 245 g/mol. The molecule has 1 heteroatoms. The van der Waals surface area contributed by atoms with Crippen LogP contribution in [0.5, 0.6) is 0 Å². The molecule has 0 bridgehead atoms. The van der Waals surface area contributed by atoms with Crippen molar-refractivity contribution in [2.45, 2.75) is 47.5 Å². The average Bonchev–Trinajstić information content (AvgIpc) is 2.81. The Kier molecular flexibility index (Phi) is 8.73. The van der Waals surface area contributed by atoms with Gasteiger partial charge < -0.3 is 4.98 Å². The lowest BCUT2D eigenvalue weighted by Crippen LogP contribution is -1.84. The highest BCUT2D eigenvalue weighted by Gasteiger charge is 2.06. The first-order valence-corrected chi connectivity index (χ1v) is 7.08. The first-order valence-electron chi connectivity index (χ1n) is 7.08. The van der Waals surface area contributed by atoms with Gasteiger partial charge in [-0.05, 0) is 12.5 Å². The maximum atomic E-state index is 3.88. The van der Waals surface area contributed by atoms with Gasteiger partial charge in [-0.15, -0.1) is 0 Å². The van der Waals surface area contributed by atoms with E-state index < -0.39 is 0 Å². The van der Waals surface area contributed by atoms with Crippen molar-refractivity contribution >= 4 is 17.0 Å². The van der Waals surface area contributed by atoms with E-state index in [2.05, 4.69) is 42.8 Å². The number of nitrogens with one attached hydrogen (secondary N) is 1. The molecule has 0 atom stereocenters. The van der Waals surface area contributed by atoms with E-state index in [0.29, 0.717) is 0 Å². The predicted octanol–water partition coefficient (Wildman–Crippen LogP) is 5.82. The van der Waals surface area contributed by atoms with Crippen molar-refractivity contribution in [2.75, 3.05) is 0 Å². The summed E-state index contributed by atoms with van der Waals surface area (Å²) in [6.45, 7) is 14.1. The maximum absolute atomic E-state index is 3.88. The van der Waals surface area contributed by atoms with Crippen molar-refractivity contribution in [2.24, 2.45) is 0 Å². The number of rotatable bonds is 3. The predicted molar refractivity (Wildman–Crippen MR) is 85.1 cm³/mol. The quantitative estimate of drug-likeness (QED) is 0.701. The molecule has 2 rings (SSSR count). The summed E-state index contributed by atoms with van der Waals surface area (Å²) >= 11 is 0. The standard InChI is InChI=1S/C13H15N.2C2H6/c1-3-7-12-10(4-2)11-8-5-6-9-13(11)14-12;2*1-2/h4-6,8-9,14H,2-3,7H2,1H3;2*1-2H3. The Bertz CT molecular complexity index is 452. The molecular formula is C17H27N. The van der Waals surface area contributed by atoms with Crippen LogP contribution in [0.3, 0.4) is 0 Å². The largest absolute Gasteiger partial charge is 0.358 e. The van der Waals surface area contributed by atoms with Gasteiger partial charge >= 0.3 is 0 Å². The molecule has 0 aliphatic heterocycles. The number of hydrogen-bond donors (Lipinski definition) is 1. The number of H-pyrrole nitrogens is 1. The van der Waals surface area contributed by atoms with Gasteiger partial charge in [0.1, 0.15) is 0 Å². The molecule has 0 fully saturated rings. The van der Waals surface area contributed by atoms with Crippen LogP contribution < -0.4 is 0 Å². The van der Waals surface area contributed by atoms with Crippen LogP contribution in [0.2, 0.25) is 0 Å². The minimum atomic E-state index is 1.09. The van der Waals surface area contributed by atoms with Crippen LogP contribution in [0.15, 0.2) is 30.8 Å². The van der Waals surface area contributed by atoms with Gasteiger partial charge in [-0.1, -0.05) is 71.9 Å². The van der Waals surface area contributed by atoms with Gasteiger partial charge in [0.05, 0.1) is 0 Å². The van der Waals surface area contributed by atoms with E-state index >= 15 is 0 Å². The monoisotopic (exact) mass is 245 g/mol. The van der Waals surface area contributed by atoms with E-state index in [4.69, 9.17) is 0 Å². The van der Waals surface area contributed by atoms with Gasteiger partial charge in [0, 0.05) is 22.2 Å². The lowest BCUT2D eigenvalue weighted by molar-refractivity contribution is 0.894. The Labute approximate surface area is 112 Å². The minimum absolute atomic E-state index is 1.09. The molecule has 1 N–H and O–H groups in total. The van der Waals surface area contributed by atoms with Crippen molar-refractivity contribution in [1.29, 1.82) is 0 Å². The zero-order chi connectivity index (χ0) is 14.0. The summed E-state index contributed by atoms with van der Waals surface area (Å²) in [6, 6.07) is 8.38. The number of aromatic nitrogens is 1. The van der Waals surface area contributed by atoms with E-state index in [9.17, 15) is 0 Å². The molecule has 0 saturated heterocycles. The number of para-hydroxylation sites is 1. The fourth-order valence-corrected chi connectivity index (χ4v) is 1.90.